The average molecular weight is 141 g/mol. The monoisotopic (exact) mass is 141 g/mol. The Balaban J connectivity index is 2.40. The predicted octanol–water partition coefficient (Wildman–Crippen LogP) is -0.728. The van der Waals surface area contributed by atoms with E-state index >= 15 is 0 Å². The minimum Gasteiger partial charge on any atom is -0.395 e. The summed E-state index contributed by atoms with van der Waals surface area (Å²) >= 11 is 0. The molecule has 0 fully saturated rings. The summed E-state index contributed by atoms with van der Waals surface area (Å²) in [5.74, 6) is 0.821. The molecule has 0 saturated carbocycles. The summed E-state index contributed by atoms with van der Waals surface area (Å²) in [5.41, 5.74) is 5.45. The van der Waals surface area contributed by atoms with Crippen molar-refractivity contribution in [3.63, 3.8) is 0 Å². The summed E-state index contributed by atoms with van der Waals surface area (Å²) in [6, 6.07) is -0.203. The van der Waals surface area contributed by atoms with Gasteiger partial charge in [0.05, 0.1) is 6.61 Å². The van der Waals surface area contributed by atoms with E-state index in [0.29, 0.717) is 6.42 Å². The highest BCUT2D eigenvalue weighted by atomic mass is 16.3. The maximum atomic E-state index is 8.57. The first-order valence-electron chi connectivity index (χ1n) is 3.17. The molecular formula is C6H11N3O. The Labute approximate surface area is 59.1 Å². The van der Waals surface area contributed by atoms with Crippen LogP contribution in [0.15, 0.2) is 12.4 Å². The highest BCUT2D eigenvalue weighted by Crippen LogP contribution is 1.92. The molecule has 4 N–H and O–H groups in total. The molecule has 0 amide bonds. The molecule has 1 atom stereocenters. The van der Waals surface area contributed by atoms with Gasteiger partial charge in [0.25, 0.3) is 0 Å². The molecule has 1 aromatic rings. The highest BCUT2D eigenvalue weighted by Gasteiger charge is 2.02. The molecule has 0 bridgehead atoms. The lowest BCUT2D eigenvalue weighted by atomic mass is 10.2. The normalized spacial score (nSPS) is 13.4. The van der Waals surface area contributed by atoms with Gasteiger partial charge in [-0.3, -0.25) is 0 Å². The molecule has 10 heavy (non-hydrogen) atoms. The van der Waals surface area contributed by atoms with E-state index in [1.807, 2.05) is 0 Å². The van der Waals surface area contributed by atoms with E-state index in [9.17, 15) is 0 Å². The predicted molar refractivity (Wildman–Crippen MR) is 37.4 cm³/mol. The van der Waals surface area contributed by atoms with Crippen LogP contribution < -0.4 is 5.73 Å². The lowest BCUT2D eigenvalue weighted by Crippen LogP contribution is -2.27. The molecular weight excluding hydrogens is 130 g/mol. The number of aliphatic hydroxyl groups is 1. The fraction of sp³-hybridized carbons (Fsp3) is 0.500. The van der Waals surface area contributed by atoms with Crippen LogP contribution in [0.2, 0.25) is 0 Å². The van der Waals surface area contributed by atoms with Gasteiger partial charge in [0.1, 0.15) is 5.82 Å². The van der Waals surface area contributed by atoms with Gasteiger partial charge >= 0.3 is 0 Å². The second-order valence-electron chi connectivity index (χ2n) is 2.18. The van der Waals surface area contributed by atoms with E-state index in [-0.39, 0.29) is 12.6 Å². The molecule has 1 aromatic heterocycles. The van der Waals surface area contributed by atoms with Crippen LogP contribution in [0.1, 0.15) is 5.82 Å². The van der Waals surface area contributed by atoms with Gasteiger partial charge in [-0.15, -0.1) is 0 Å². The molecule has 1 rings (SSSR count). The van der Waals surface area contributed by atoms with Gasteiger partial charge in [-0.1, -0.05) is 0 Å². The van der Waals surface area contributed by atoms with E-state index in [0.717, 1.165) is 5.82 Å². The molecule has 0 aliphatic carbocycles. The number of H-pyrrole nitrogens is 1. The summed E-state index contributed by atoms with van der Waals surface area (Å²) in [4.78, 5) is 6.86. The number of rotatable bonds is 3. The van der Waals surface area contributed by atoms with Crippen molar-refractivity contribution >= 4 is 0 Å². The summed E-state index contributed by atoms with van der Waals surface area (Å²) in [6.07, 6.45) is 4.00. The van der Waals surface area contributed by atoms with Crippen LogP contribution >= 0.6 is 0 Å². The van der Waals surface area contributed by atoms with Crippen LogP contribution in [0.4, 0.5) is 0 Å². The second-order valence-corrected chi connectivity index (χ2v) is 2.18. The topological polar surface area (TPSA) is 74.9 Å². The number of aliphatic hydroxyl groups excluding tert-OH is 1. The SMILES string of the molecule is NC(CO)Cc1ncc[nH]1. The van der Waals surface area contributed by atoms with Crippen molar-refractivity contribution in [1.82, 2.24) is 9.97 Å². The van der Waals surface area contributed by atoms with Crippen LogP contribution in [0.25, 0.3) is 0 Å². The van der Waals surface area contributed by atoms with Crippen LogP contribution in [0.3, 0.4) is 0 Å². The van der Waals surface area contributed by atoms with Crippen molar-refractivity contribution in [2.75, 3.05) is 6.61 Å². The fourth-order valence-corrected chi connectivity index (χ4v) is 0.722. The van der Waals surface area contributed by atoms with Gasteiger partial charge in [0.2, 0.25) is 0 Å². The third kappa shape index (κ3) is 1.82. The molecule has 0 aliphatic rings. The Kier molecular flexibility index (Phi) is 2.42. The minimum absolute atomic E-state index is 0.000694. The third-order valence-corrected chi connectivity index (χ3v) is 1.24. The van der Waals surface area contributed by atoms with Gasteiger partial charge in [0.15, 0.2) is 0 Å². The molecule has 1 unspecified atom stereocenters. The number of hydrogen-bond acceptors (Lipinski definition) is 3. The Bertz CT molecular complexity index is 173. The van der Waals surface area contributed by atoms with E-state index in [2.05, 4.69) is 9.97 Å². The van der Waals surface area contributed by atoms with Crippen LogP contribution in [0.5, 0.6) is 0 Å². The van der Waals surface area contributed by atoms with Gasteiger partial charge in [0, 0.05) is 24.9 Å². The number of aromatic nitrogens is 2. The van der Waals surface area contributed by atoms with Crippen molar-refractivity contribution < 1.29 is 5.11 Å². The number of aromatic amines is 1. The molecule has 4 heteroatoms. The van der Waals surface area contributed by atoms with Crippen LogP contribution in [0, 0.1) is 0 Å². The van der Waals surface area contributed by atoms with Crippen molar-refractivity contribution in [2.24, 2.45) is 5.73 Å². The van der Waals surface area contributed by atoms with E-state index < -0.39 is 0 Å². The van der Waals surface area contributed by atoms with Gasteiger partial charge < -0.3 is 15.8 Å². The largest absolute Gasteiger partial charge is 0.395 e. The zero-order valence-electron chi connectivity index (χ0n) is 5.62. The first-order chi connectivity index (χ1) is 4.83. The Hall–Kier alpha value is -0.870. The Morgan fingerprint density at radius 1 is 1.80 bits per heavy atom. The van der Waals surface area contributed by atoms with Crippen LogP contribution in [-0.2, 0) is 6.42 Å². The third-order valence-electron chi connectivity index (χ3n) is 1.24. The maximum absolute atomic E-state index is 8.57. The standard InChI is InChI=1S/C6H11N3O/c7-5(4-10)3-6-8-1-2-9-6/h1-2,5,10H,3-4,7H2,(H,8,9). The molecule has 0 aromatic carbocycles. The van der Waals surface area contributed by atoms with Crippen molar-refractivity contribution in [3.05, 3.63) is 18.2 Å². The van der Waals surface area contributed by atoms with Crippen molar-refractivity contribution in [3.8, 4) is 0 Å². The Morgan fingerprint density at radius 2 is 2.60 bits per heavy atom. The molecule has 0 radical (unpaired) electrons. The summed E-state index contributed by atoms with van der Waals surface area (Å²) < 4.78 is 0. The second kappa shape index (κ2) is 3.34. The molecule has 1 heterocycles. The lowest BCUT2D eigenvalue weighted by Gasteiger charge is -2.03. The van der Waals surface area contributed by atoms with Crippen molar-refractivity contribution in [1.29, 1.82) is 0 Å². The summed E-state index contributed by atoms with van der Waals surface area (Å²) in [6.45, 7) is 0.000694. The minimum atomic E-state index is -0.203. The van der Waals surface area contributed by atoms with E-state index in [1.54, 1.807) is 12.4 Å². The highest BCUT2D eigenvalue weighted by molar-refractivity contribution is 4.89. The molecule has 0 spiro atoms. The number of nitrogens with zero attached hydrogens (tertiary/aromatic N) is 1. The number of nitrogens with two attached hydrogens (primary N) is 1. The quantitative estimate of drug-likeness (QED) is 0.519. The molecule has 4 nitrogen and oxygen atoms in total. The van der Waals surface area contributed by atoms with E-state index in [1.165, 1.54) is 0 Å². The van der Waals surface area contributed by atoms with Crippen LogP contribution in [-0.4, -0.2) is 27.7 Å². The fourth-order valence-electron chi connectivity index (χ4n) is 0.722. The summed E-state index contributed by atoms with van der Waals surface area (Å²) in [5, 5.41) is 8.57. The first kappa shape index (κ1) is 7.24. The molecule has 56 valence electrons. The number of hydrogen-bond donors (Lipinski definition) is 3. The smallest absolute Gasteiger partial charge is 0.107 e. The molecule has 0 aliphatic heterocycles. The van der Waals surface area contributed by atoms with Gasteiger partial charge in [-0.25, -0.2) is 4.98 Å². The Morgan fingerprint density at radius 3 is 3.10 bits per heavy atom. The zero-order valence-corrected chi connectivity index (χ0v) is 5.62. The van der Waals surface area contributed by atoms with Gasteiger partial charge in [-0.05, 0) is 0 Å². The zero-order chi connectivity index (χ0) is 7.40. The average Bonchev–Trinajstić information content (AvgIpc) is 2.40. The first-order valence-corrected chi connectivity index (χ1v) is 3.17. The number of imidazole rings is 1. The summed E-state index contributed by atoms with van der Waals surface area (Å²) in [7, 11) is 0. The van der Waals surface area contributed by atoms with Crippen molar-refractivity contribution in [2.45, 2.75) is 12.5 Å². The lowest BCUT2D eigenvalue weighted by molar-refractivity contribution is 0.264. The van der Waals surface area contributed by atoms with Gasteiger partial charge in [-0.2, -0.15) is 0 Å². The maximum Gasteiger partial charge on any atom is 0.107 e. The number of nitrogens with one attached hydrogen (secondary N) is 1. The van der Waals surface area contributed by atoms with E-state index in [4.69, 9.17) is 10.8 Å². The molecule has 0 saturated heterocycles.